The fourth-order valence-corrected chi connectivity index (χ4v) is 8.13. The van der Waals surface area contributed by atoms with Gasteiger partial charge in [-0.15, -0.1) is 0 Å². The summed E-state index contributed by atoms with van der Waals surface area (Å²) in [7, 11) is -3.58. The predicted molar refractivity (Wildman–Crippen MR) is 115 cm³/mol. The smallest absolute Gasteiger partial charge is 0.215 e. The Labute approximate surface area is 183 Å². The number of fused-ring (bicyclic) bond motifs is 2. The van der Waals surface area contributed by atoms with E-state index in [2.05, 4.69) is 24.9 Å². The van der Waals surface area contributed by atoms with E-state index in [4.69, 9.17) is 11.6 Å². The molecule has 4 rings (SSSR count). The van der Waals surface area contributed by atoms with E-state index in [0.717, 1.165) is 6.42 Å². The lowest BCUT2D eigenvalue weighted by Gasteiger charge is -2.42. The van der Waals surface area contributed by atoms with Crippen LogP contribution in [0.25, 0.3) is 0 Å². The van der Waals surface area contributed by atoms with E-state index < -0.39 is 15.4 Å². The molecule has 2 saturated carbocycles. The summed E-state index contributed by atoms with van der Waals surface area (Å²) in [6.07, 6.45) is 3.57. The fourth-order valence-electron chi connectivity index (χ4n) is 5.70. The van der Waals surface area contributed by atoms with E-state index in [-0.39, 0.29) is 23.0 Å². The van der Waals surface area contributed by atoms with Crippen molar-refractivity contribution < 1.29 is 13.2 Å². The molecule has 1 saturated heterocycles. The van der Waals surface area contributed by atoms with E-state index in [9.17, 15) is 18.5 Å². The van der Waals surface area contributed by atoms with E-state index in [0.29, 0.717) is 54.8 Å². The summed E-state index contributed by atoms with van der Waals surface area (Å²) >= 11 is 5.98. The zero-order valence-corrected chi connectivity index (χ0v) is 19.1. The van der Waals surface area contributed by atoms with Gasteiger partial charge in [-0.3, -0.25) is 4.79 Å². The van der Waals surface area contributed by atoms with E-state index in [1.54, 1.807) is 6.07 Å². The number of Topliss-reactive ketones (excluding diaryl/α,β-unsaturated/α-hetero) is 1. The first-order valence-electron chi connectivity index (χ1n) is 10.4. The Morgan fingerprint density at radius 1 is 1.37 bits per heavy atom. The summed E-state index contributed by atoms with van der Waals surface area (Å²) in [6, 6.07) is 3.58. The summed E-state index contributed by atoms with van der Waals surface area (Å²) in [4.78, 5) is 19.1. The Kier molecular flexibility index (Phi) is 5.16. The molecule has 30 heavy (non-hydrogen) atoms. The van der Waals surface area contributed by atoms with Crippen LogP contribution < -0.4 is 4.90 Å². The number of sulfonamides is 1. The number of rotatable bonds is 4. The monoisotopic (exact) mass is 450 g/mol. The van der Waals surface area contributed by atoms with Crippen LogP contribution in [-0.2, 0) is 14.8 Å². The minimum Gasteiger partial charge on any atom is -0.351 e. The first kappa shape index (κ1) is 21.5. The maximum absolute atomic E-state index is 13.4. The van der Waals surface area contributed by atoms with Crippen LogP contribution in [0.2, 0.25) is 5.02 Å². The second-order valence-corrected chi connectivity index (χ2v) is 11.8. The van der Waals surface area contributed by atoms with Crippen molar-refractivity contribution in [1.82, 2.24) is 9.29 Å². The number of pyridine rings is 1. The molecule has 3 atom stereocenters. The standard InChI is InChI=1S/C21H27ClN4O3S/c1-14-12-25(6-7-26(14)19-8-15(10-23)17(22)11-24-19)30(28,29)13-21-5-4-16(9-18(21)27)20(21,2)3/h8,11,14,16H,4-7,9,12-13H2,1-3H3/t14-,16+,21+/m0/s1. The van der Waals surface area contributed by atoms with Gasteiger partial charge >= 0.3 is 0 Å². The molecule has 0 spiro atoms. The second kappa shape index (κ2) is 7.18. The van der Waals surface area contributed by atoms with Gasteiger partial charge in [-0.1, -0.05) is 25.4 Å². The molecule has 2 aliphatic carbocycles. The molecule has 0 N–H and O–H groups in total. The molecule has 0 amide bonds. The van der Waals surface area contributed by atoms with Crippen LogP contribution >= 0.6 is 11.6 Å². The van der Waals surface area contributed by atoms with Crippen LogP contribution in [0, 0.1) is 28.1 Å². The van der Waals surface area contributed by atoms with Crippen molar-refractivity contribution in [3.05, 3.63) is 22.8 Å². The highest BCUT2D eigenvalue weighted by Gasteiger charge is 2.65. The number of piperazine rings is 1. The molecular formula is C21H27ClN4O3S. The number of hydrogen-bond donors (Lipinski definition) is 0. The lowest BCUT2D eigenvalue weighted by molar-refractivity contribution is -0.128. The number of nitrogens with zero attached hydrogens (tertiary/aromatic N) is 4. The molecule has 1 aromatic heterocycles. The van der Waals surface area contributed by atoms with Crippen molar-refractivity contribution >= 4 is 33.2 Å². The third-order valence-electron chi connectivity index (χ3n) is 7.81. The Balaban J connectivity index is 1.52. The molecule has 0 radical (unpaired) electrons. The van der Waals surface area contributed by atoms with Crippen molar-refractivity contribution in [3.63, 3.8) is 0 Å². The van der Waals surface area contributed by atoms with Crippen molar-refractivity contribution in [2.45, 2.75) is 46.1 Å². The summed E-state index contributed by atoms with van der Waals surface area (Å²) in [5.74, 6) is 0.937. The van der Waals surface area contributed by atoms with Crippen LogP contribution in [0.15, 0.2) is 12.3 Å². The largest absolute Gasteiger partial charge is 0.351 e. The molecule has 3 aliphatic rings. The van der Waals surface area contributed by atoms with Crippen LogP contribution in [0.3, 0.4) is 0 Å². The van der Waals surface area contributed by atoms with E-state index in [1.165, 1.54) is 10.5 Å². The average Bonchev–Trinajstić information content (AvgIpc) is 3.02. The molecule has 2 bridgehead atoms. The van der Waals surface area contributed by atoms with Gasteiger partial charge in [-0.25, -0.2) is 13.4 Å². The Morgan fingerprint density at radius 3 is 2.67 bits per heavy atom. The highest BCUT2D eigenvalue weighted by atomic mass is 35.5. The van der Waals surface area contributed by atoms with Crippen LogP contribution in [0.4, 0.5) is 5.82 Å². The van der Waals surface area contributed by atoms with Crippen LogP contribution in [0.5, 0.6) is 0 Å². The van der Waals surface area contributed by atoms with Gasteiger partial charge in [0.2, 0.25) is 10.0 Å². The van der Waals surface area contributed by atoms with E-state index in [1.807, 2.05) is 11.8 Å². The van der Waals surface area contributed by atoms with Crippen molar-refractivity contribution in [2.24, 2.45) is 16.7 Å². The molecule has 162 valence electrons. The SMILES string of the molecule is C[C@H]1CN(S(=O)(=O)C[C@]23CC[C@H](CC2=O)C3(C)C)CCN1c1cc(C#N)c(Cl)cn1. The van der Waals surface area contributed by atoms with Gasteiger partial charge in [-0.2, -0.15) is 9.57 Å². The predicted octanol–water partition coefficient (Wildman–Crippen LogP) is 2.84. The molecule has 1 aliphatic heterocycles. The minimum absolute atomic E-state index is 0.0904. The third kappa shape index (κ3) is 3.14. The van der Waals surface area contributed by atoms with Crippen LogP contribution in [-0.4, -0.2) is 54.9 Å². The number of ketones is 1. The van der Waals surface area contributed by atoms with Crippen molar-refractivity contribution in [2.75, 3.05) is 30.3 Å². The fraction of sp³-hybridized carbons (Fsp3) is 0.667. The Morgan fingerprint density at radius 2 is 2.10 bits per heavy atom. The first-order valence-corrected chi connectivity index (χ1v) is 12.3. The molecule has 9 heteroatoms. The number of nitriles is 1. The van der Waals surface area contributed by atoms with Gasteiger partial charge in [-0.05, 0) is 37.2 Å². The maximum atomic E-state index is 13.4. The summed E-state index contributed by atoms with van der Waals surface area (Å²) < 4.78 is 28.3. The molecule has 0 aromatic carbocycles. The molecule has 3 fully saturated rings. The van der Waals surface area contributed by atoms with Gasteiger partial charge in [0.05, 0.1) is 16.3 Å². The summed E-state index contributed by atoms with van der Waals surface area (Å²) in [5.41, 5.74) is -0.678. The number of carbonyl (C=O) groups is 1. The average molecular weight is 451 g/mol. The molecule has 7 nitrogen and oxygen atoms in total. The van der Waals surface area contributed by atoms with Gasteiger partial charge in [0.1, 0.15) is 17.7 Å². The summed E-state index contributed by atoms with van der Waals surface area (Å²) in [6.45, 7) is 7.18. The number of hydrogen-bond acceptors (Lipinski definition) is 6. The molecular weight excluding hydrogens is 424 g/mol. The second-order valence-electron chi connectivity index (χ2n) is 9.46. The lowest BCUT2D eigenvalue weighted by Crippen LogP contribution is -2.56. The third-order valence-corrected chi connectivity index (χ3v) is 10.1. The Bertz CT molecular complexity index is 1040. The van der Waals surface area contributed by atoms with Gasteiger partial charge in [0, 0.05) is 43.7 Å². The molecule has 0 unspecified atom stereocenters. The molecule has 2 heterocycles. The topological polar surface area (TPSA) is 94.4 Å². The lowest BCUT2D eigenvalue weighted by atomic mass is 9.70. The van der Waals surface area contributed by atoms with Gasteiger partial charge in [0.15, 0.2) is 0 Å². The highest BCUT2D eigenvalue weighted by molar-refractivity contribution is 7.89. The highest BCUT2D eigenvalue weighted by Crippen LogP contribution is 2.64. The van der Waals surface area contributed by atoms with Crippen LogP contribution in [0.1, 0.15) is 45.6 Å². The molecule has 1 aromatic rings. The van der Waals surface area contributed by atoms with Crippen molar-refractivity contribution in [1.29, 1.82) is 5.26 Å². The number of aromatic nitrogens is 1. The zero-order valence-electron chi connectivity index (χ0n) is 17.6. The minimum atomic E-state index is -3.58. The quantitative estimate of drug-likeness (QED) is 0.700. The maximum Gasteiger partial charge on any atom is 0.215 e. The van der Waals surface area contributed by atoms with Crippen molar-refractivity contribution in [3.8, 4) is 6.07 Å². The van der Waals surface area contributed by atoms with Gasteiger partial charge < -0.3 is 4.90 Å². The number of halogens is 1. The number of carbonyl (C=O) groups excluding carboxylic acids is 1. The Hall–Kier alpha value is -1.69. The summed E-state index contributed by atoms with van der Waals surface area (Å²) in [5, 5.41) is 9.51. The zero-order chi connectivity index (χ0) is 21.9. The first-order chi connectivity index (χ1) is 14.0. The van der Waals surface area contributed by atoms with E-state index >= 15 is 0 Å². The number of anilines is 1. The van der Waals surface area contributed by atoms with Gasteiger partial charge in [0.25, 0.3) is 0 Å². The normalized spacial score (nSPS) is 31.2.